The summed E-state index contributed by atoms with van der Waals surface area (Å²) >= 11 is 0. The summed E-state index contributed by atoms with van der Waals surface area (Å²) in [4.78, 5) is 0. The second kappa shape index (κ2) is 30.1. The van der Waals surface area contributed by atoms with Gasteiger partial charge in [-0.05, 0) is 6.42 Å². The molecule has 1 N–H and O–H groups in total. The molecule has 0 spiro atoms. The fraction of sp³-hybridized carbons (Fsp3) is 1.00. The Morgan fingerprint density at radius 3 is 0.853 bits per heavy atom. The van der Waals surface area contributed by atoms with E-state index >= 15 is 0 Å². The minimum atomic E-state index is -4.25. The van der Waals surface area contributed by atoms with Crippen molar-refractivity contribution in [1.29, 1.82) is 0 Å². The van der Waals surface area contributed by atoms with E-state index in [9.17, 15) is 8.42 Å². The van der Waals surface area contributed by atoms with Crippen LogP contribution in [0.4, 0.5) is 0 Å². The van der Waals surface area contributed by atoms with Crippen LogP contribution in [0.1, 0.15) is 174 Å². The molecule has 0 aliphatic heterocycles. The largest absolute Gasteiger partial charge is 1.00 e. The molecule has 0 radical (unpaired) electrons. The van der Waals surface area contributed by atoms with Crippen LogP contribution in [-0.2, 0) is 14.6 Å². The molecule has 0 aromatic carbocycles. The van der Waals surface area contributed by atoms with Gasteiger partial charge in [0.2, 0.25) is 0 Å². The molecule has 0 aromatic heterocycles. The van der Waals surface area contributed by atoms with Gasteiger partial charge in [0.05, 0.1) is 6.61 Å². The Balaban J connectivity index is 0. The van der Waals surface area contributed by atoms with Crippen molar-refractivity contribution >= 4 is 10.4 Å². The van der Waals surface area contributed by atoms with Gasteiger partial charge in [-0.1, -0.05) is 167 Å². The normalized spacial score (nSPS) is 11.6. The van der Waals surface area contributed by atoms with Crippen LogP contribution in [0.15, 0.2) is 0 Å². The summed E-state index contributed by atoms with van der Waals surface area (Å²) in [5.41, 5.74) is 0. The zero-order valence-electron chi connectivity index (χ0n) is 23.2. The summed E-state index contributed by atoms with van der Waals surface area (Å²) in [6, 6.07) is 0. The van der Waals surface area contributed by atoms with Gasteiger partial charge in [0, 0.05) is 0 Å². The summed E-state index contributed by atoms with van der Waals surface area (Å²) in [5.74, 6) is 0. The Kier molecular flexibility index (Phi) is 32.8. The van der Waals surface area contributed by atoms with Crippen molar-refractivity contribution in [2.24, 2.45) is 0 Å². The van der Waals surface area contributed by atoms with Crippen molar-refractivity contribution in [3.8, 4) is 0 Å². The molecule has 0 atom stereocenters. The molecule has 0 rings (SSSR count). The van der Waals surface area contributed by atoms with Crippen molar-refractivity contribution in [2.75, 3.05) is 6.61 Å². The maximum absolute atomic E-state index is 10.4. The van der Waals surface area contributed by atoms with Crippen LogP contribution >= 0.6 is 0 Å². The summed E-state index contributed by atoms with van der Waals surface area (Å²) in [6.45, 7) is 2.39. The fourth-order valence-electron chi connectivity index (χ4n) is 4.58. The van der Waals surface area contributed by atoms with E-state index in [1.54, 1.807) is 0 Å². The zero-order valence-corrected chi connectivity index (χ0v) is 26.0. The van der Waals surface area contributed by atoms with Crippen molar-refractivity contribution in [3.05, 3.63) is 0 Å². The molecule has 0 amide bonds. The molecular formula is C28H58NaO4S+. The van der Waals surface area contributed by atoms with E-state index < -0.39 is 10.4 Å². The fourth-order valence-corrected chi connectivity index (χ4v) is 4.91. The van der Waals surface area contributed by atoms with Gasteiger partial charge >= 0.3 is 40.0 Å². The second-order valence-electron chi connectivity index (χ2n) is 10.1. The van der Waals surface area contributed by atoms with Crippen LogP contribution in [-0.4, -0.2) is 19.6 Å². The summed E-state index contributed by atoms with van der Waals surface area (Å²) in [5, 5.41) is 0. The first kappa shape index (κ1) is 37.0. The molecule has 0 aliphatic carbocycles. The Morgan fingerprint density at radius 1 is 0.441 bits per heavy atom. The molecule has 4 nitrogen and oxygen atoms in total. The van der Waals surface area contributed by atoms with Gasteiger partial charge in [-0.15, -0.1) is 0 Å². The van der Waals surface area contributed by atoms with E-state index in [2.05, 4.69) is 11.1 Å². The monoisotopic (exact) mass is 513 g/mol. The summed E-state index contributed by atoms with van der Waals surface area (Å²) < 4.78 is 33.6. The topological polar surface area (TPSA) is 63.6 Å². The molecule has 34 heavy (non-hydrogen) atoms. The van der Waals surface area contributed by atoms with Crippen LogP contribution < -0.4 is 29.6 Å². The van der Waals surface area contributed by atoms with Gasteiger partial charge in [-0.3, -0.25) is 4.55 Å². The predicted octanol–water partition coefficient (Wildman–Crippen LogP) is 6.97. The zero-order chi connectivity index (χ0) is 24.3. The Labute approximate surface area is 236 Å². The number of rotatable bonds is 28. The maximum Gasteiger partial charge on any atom is 1.00 e. The van der Waals surface area contributed by atoms with E-state index in [4.69, 9.17) is 4.55 Å². The van der Waals surface area contributed by atoms with Gasteiger partial charge in [0.1, 0.15) is 0 Å². The van der Waals surface area contributed by atoms with Crippen molar-refractivity contribution < 1.29 is 46.7 Å². The average molecular weight is 514 g/mol. The number of hydrogen-bond acceptors (Lipinski definition) is 3. The van der Waals surface area contributed by atoms with Crippen LogP contribution in [0.25, 0.3) is 0 Å². The predicted molar refractivity (Wildman–Crippen MR) is 143 cm³/mol. The third kappa shape index (κ3) is 35.0. The molecule has 0 aliphatic rings. The number of unbranched alkanes of at least 4 members (excludes halogenated alkanes) is 25. The third-order valence-corrected chi connectivity index (χ3v) is 7.19. The SMILES string of the molecule is CCCCCCCCCCCCCCCCCCCCCCCCCCCCOS(=O)(=O)O.[Na+]. The van der Waals surface area contributed by atoms with Crippen molar-refractivity contribution in [3.63, 3.8) is 0 Å². The summed E-state index contributed by atoms with van der Waals surface area (Å²) in [7, 11) is -4.25. The van der Waals surface area contributed by atoms with Crippen molar-refractivity contribution in [1.82, 2.24) is 0 Å². The minimum absolute atomic E-state index is 0. The third-order valence-electron chi connectivity index (χ3n) is 6.73. The Morgan fingerprint density at radius 2 is 0.647 bits per heavy atom. The molecule has 0 aromatic rings. The molecule has 0 unspecified atom stereocenters. The maximum atomic E-state index is 10.4. The molecule has 0 fully saturated rings. The standard InChI is InChI=1S/C28H58O4S.Na/c1-2-3-4-5-6-7-8-9-10-11-12-13-14-15-16-17-18-19-20-21-22-23-24-25-26-27-28-32-33(29,30)31;/h2-28H2,1H3,(H,29,30,31);/q;+1. The molecule has 6 heteroatoms. The van der Waals surface area contributed by atoms with Crippen LogP contribution in [0.3, 0.4) is 0 Å². The van der Waals surface area contributed by atoms with E-state index in [1.165, 1.54) is 148 Å². The van der Waals surface area contributed by atoms with Crippen molar-refractivity contribution in [2.45, 2.75) is 174 Å². The van der Waals surface area contributed by atoms with Crippen LogP contribution in [0.2, 0.25) is 0 Å². The first-order valence-electron chi connectivity index (χ1n) is 14.7. The molecule has 200 valence electrons. The van der Waals surface area contributed by atoms with Crippen LogP contribution in [0, 0.1) is 0 Å². The van der Waals surface area contributed by atoms with E-state index in [1.807, 2.05) is 0 Å². The van der Waals surface area contributed by atoms with Gasteiger partial charge < -0.3 is 0 Å². The molecular weight excluding hydrogens is 455 g/mol. The first-order chi connectivity index (χ1) is 16.1. The number of hydrogen-bond donors (Lipinski definition) is 1. The van der Waals surface area contributed by atoms with Gasteiger partial charge in [-0.25, -0.2) is 4.18 Å². The van der Waals surface area contributed by atoms with Gasteiger partial charge in [0.15, 0.2) is 0 Å². The molecule has 0 heterocycles. The summed E-state index contributed by atoms with van der Waals surface area (Å²) in [6.07, 6.45) is 35.2. The van der Waals surface area contributed by atoms with Crippen LogP contribution in [0.5, 0.6) is 0 Å². The van der Waals surface area contributed by atoms with E-state index in [0.29, 0.717) is 6.42 Å². The Hall–Kier alpha value is 0.870. The smallest absolute Gasteiger partial charge is 0.264 e. The minimum Gasteiger partial charge on any atom is -0.264 e. The molecule has 0 bridgehead atoms. The van der Waals surface area contributed by atoms with E-state index in [0.717, 1.165) is 12.8 Å². The van der Waals surface area contributed by atoms with Gasteiger partial charge in [-0.2, -0.15) is 8.42 Å². The first-order valence-corrected chi connectivity index (χ1v) is 16.0. The Bertz CT molecular complexity index is 471. The second-order valence-corrected chi connectivity index (χ2v) is 11.2. The molecule has 0 saturated heterocycles. The van der Waals surface area contributed by atoms with E-state index in [-0.39, 0.29) is 36.2 Å². The quantitative estimate of drug-likeness (QED) is 0.0697. The molecule has 0 saturated carbocycles. The van der Waals surface area contributed by atoms with Gasteiger partial charge in [0.25, 0.3) is 0 Å². The average Bonchev–Trinajstić information content (AvgIpc) is 2.78.